The van der Waals surface area contributed by atoms with Crippen molar-refractivity contribution in [2.24, 2.45) is 0 Å². The van der Waals surface area contributed by atoms with Gasteiger partial charge < -0.3 is 21.3 Å². The highest BCUT2D eigenvalue weighted by Gasteiger charge is 2.31. The lowest BCUT2D eigenvalue weighted by Crippen LogP contribution is -2.45. The summed E-state index contributed by atoms with van der Waals surface area (Å²) < 4.78 is 39.3. The predicted molar refractivity (Wildman–Crippen MR) is 122 cm³/mol. The third kappa shape index (κ3) is 5.64. The standard InChI is InChI=1S/C20H25F3N6.2ClH/c1-25-14-4-3-7-29(11-14)18-16-5-2-6-17(16)27-19(28-18)26-15-9-12(20(21,22)23)8-13(24)10-15;;/h8-10,14,25H,2-7,11,24H2,1H3,(H,26,27,28);2*1H. The zero-order chi connectivity index (χ0) is 20.6. The molecule has 172 valence electrons. The van der Waals surface area contributed by atoms with Gasteiger partial charge in [0.2, 0.25) is 5.95 Å². The number of aryl methyl sites for hydroxylation is 1. The lowest BCUT2D eigenvalue weighted by molar-refractivity contribution is -0.137. The van der Waals surface area contributed by atoms with Gasteiger partial charge in [-0.25, -0.2) is 4.98 Å². The Labute approximate surface area is 192 Å². The minimum absolute atomic E-state index is 0. The highest BCUT2D eigenvalue weighted by Crippen LogP contribution is 2.35. The Balaban J connectivity index is 0.00000171. The number of nitrogens with two attached hydrogens (primary N) is 1. The molecule has 1 saturated heterocycles. The first kappa shape index (κ1) is 25.3. The van der Waals surface area contributed by atoms with E-state index in [9.17, 15) is 13.2 Å². The molecule has 0 spiro atoms. The van der Waals surface area contributed by atoms with Gasteiger partial charge in [0.1, 0.15) is 5.82 Å². The topological polar surface area (TPSA) is 79.1 Å². The van der Waals surface area contributed by atoms with Gasteiger partial charge in [0.05, 0.1) is 11.3 Å². The summed E-state index contributed by atoms with van der Waals surface area (Å²) >= 11 is 0. The van der Waals surface area contributed by atoms with Crippen LogP contribution in [0.15, 0.2) is 18.2 Å². The average Bonchev–Trinajstić information content (AvgIpc) is 3.15. The van der Waals surface area contributed by atoms with Crippen molar-refractivity contribution < 1.29 is 13.2 Å². The molecule has 4 N–H and O–H groups in total. The van der Waals surface area contributed by atoms with Crippen molar-refractivity contribution in [2.45, 2.75) is 44.3 Å². The first-order chi connectivity index (χ1) is 13.8. The summed E-state index contributed by atoms with van der Waals surface area (Å²) in [5, 5.41) is 6.28. The molecule has 1 unspecified atom stereocenters. The van der Waals surface area contributed by atoms with Crippen LogP contribution in [0.1, 0.15) is 36.1 Å². The van der Waals surface area contributed by atoms with Crippen LogP contribution in [0, 0.1) is 0 Å². The molecule has 4 rings (SSSR count). The van der Waals surface area contributed by atoms with E-state index in [-0.39, 0.29) is 36.2 Å². The number of piperidine rings is 1. The zero-order valence-corrected chi connectivity index (χ0v) is 18.8. The number of alkyl halides is 3. The summed E-state index contributed by atoms with van der Waals surface area (Å²) in [6.07, 6.45) is 0.522. The first-order valence-corrected chi connectivity index (χ1v) is 9.90. The van der Waals surface area contributed by atoms with Crippen LogP contribution in [0.4, 0.5) is 36.3 Å². The molecule has 6 nitrogen and oxygen atoms in total. The largest absolute Gasteiger partial charge is 0.416 e. The Morgan fingerprint density at radius 2 is 1.87 bits per heavy atom. The normalized spacial score (nSPS) is 18.1. The number of anilines is 4. The molecule has 1 atom stereocenters. The maximum Gasteiger partial charge on any atom is 0.416 e. The summed E-state index contributed by atoms with van der Waals surface area (Å²) in [4.78, 5) is 11.6. The average molecular weight is 479 g/mol. The van der Waals surface area contributed by atoms with Crippen LogP contribution in [0.5, 0.6) is 0 Å². The van der Waals surface area contributed by atoms with Gasteiger partial charge in [-0.2, -0.15) is 18.2 Å². The number of halogens is 5. The molecule has 11 heteroatoms. The quantitative estimate of drug-likeness (QED) is 0.567. The molecule has 1 fully saturated rings. The molecular weight excluding hydrogens is 452 g/mol. The molecule has 1 aromatic carbocycles. The van der Waals surface area contributed by atoms with Gasteiger partial charge in [-0.15, -0.1) is 24.8 Å². The second-order valence-corrected chi connectivity index (χ2v) is 7.69. The summed E-state index contributed by atoms with van der Waals surface area (Å²) in [5.74, 6) is 1.21. The van der Waals surface area contributed by atoms with Crippen LogP contribution < -0.4 is 21.3 Å². The first-order valence-electron chi connectivity index (χ1n) is 9.90. The fourth-order valence-corrected chi connectivity index (χ4v) is 4.15. The van der Waals surface area contributed by atoms with E-state index in [1.54, 1.807) is 0 Å². The van der Waals surface area contributed by atoms with Crippen molar-refractivity contribution in [3.63, 3.8) is 0 Å². The van der Waals surface area contributed by atoms with Gasteiger partial charge in [0, 0.05) is 36.1 Å². The SMILES string of the molecule is CNC1CCCN(c2nc(Nc3cc(N)cc(C(F)(F)F)c3)nc3c2CCC3)C1.Cl.Cl. The van der Waals surface area contributed by atoms with Crippen LogP contribution >= 0.6 is 24.8 Å². The molecular formula is C20H27Cl2F3N6. The number of aromatic nitrogens is 2. The lowest BCUT2D eigenvalue weighted by Gasteiger charge is -2.34. The van der Waals surface area contributed by atoms with Gasteiger partial charge in [-0.3, -0.25) is 0 Å². The summed E-state index contributed by atoms with van der Waals surface area (Å²) in [5.41, 5.74) is 7.29. The monoisotopic (exact) mass is 478 g/mol. The second kappa shape index (κ2) is 10.1. The third-order valence-electron chi connectivity index (χ3n) is 5.58. The fourth-order valence-electron chi connectivity index (χ4n) is 4.15. The number of nitrogens with one attached hydrogen (secondary N) is 2. The molecule has 2 heterocycles. The maximum atomic E-state index is 13.1. The molecule has 0 saturated carbocycles. The number of nitrogens with zero attached hydrogens (tertiary/aromatic N) is 3. The smallest absolute Gasteiger partial charge is 0.399 e. The molecule has 1 aliphatic carbocycles. The van der Waals surface area contributed by atoms with Crippen molar-refractivity contribution in [1.29, 1.82) is 0 Å². The highest BCUT2D eigenvalue weighted by molar-refractivity contribution is 5.85. The van der Waals surface area contributed by atoms with Crippen LogP contribution in [-0.2, 0) is 19.0 Å². The van der Waals surface area contributed by atoms with E-state index in [0.717, 1.165) is 74.4 Å². The van der Waals surface area contributed by atoms with Crippen molar-refractivity contribution >= 4 is 48.0 Å². The number of hydrogen-bond donors (Lipinski definition) is 3. The van der Waals surface area contributed by atoms with Crippen molar-refractivity contribution in [3.8, 4) is 0 Å². The van der Waals surface area contributed by atoms with Gasteiger partial charge in [0.15, 0.2) is 0 Å². The molecule has 2 aliphatic rings. The Hall–Kier alpha value is -1.97. The van der Waals surface area contributed by atoms with Gasteiger partial charge in [-0.05, 0) is 57.4 Å². The summed E-state index contributed by atoms with van der Waals surface area (Å²) in [6.45, 7) is 1.77. The number of rotatable bonds is 4. The van der Waals surface area contributed by atoms with Crippen molar-refractivity contribution in [1.82, 2.24) is 15.3 Å². The summed E-state index contributed by atoms with van der Waals surface area (Å²) in [7, 11) is 1.96. The molecule has 1 aliphatic heterocycles. The highest BCUT2D eigenvalue weighted by atomic mass is 35.5. The molecule has 0 amide bonds. The Bertz CT molecular complexity index is 909. The van der Waals surface area contributed by atoms with E-state index in [4.69, 9.17) is 10.7 Å². The lowest BCUT2D eigenvalue weighted by atomic mass is 10.1. The van der Waals surface area contributed by atoms with E-state index in [0.29, 0.717) is 12.0 Å². The second-order valence-electron chi connectivity index (χ2n) is 7.69. The third-order valence-corrected chi connectivity index (χ3v) is 5.58. The van der Waals surface area contributed by atoms with E-state index >= 15 is 0 Å². The number of fused-ring (bicyclic) bond motifs is 1. The van der Waals surface area contributed by atoms with Crippen LogP contribution in [-0.4, -0.2) is 36.1 Å². The number of nitrogen functional groups attached to an aromatic ring is 1. The van der Waals surface area contributed by atoms with E-state index in [1.165, 1.54) is 6.07 Å². The zero-order valence-electron chi connectivity index (χ0n) is 17.1. The molecule has 2 aromatic rings. The summed E-state index contributed by atoms with van der Waals surface area (Å²) in [6, 6.07) is 3.81. The van der Waals surface area contributed by atoms with Gasteiger partial charge >= 0.3 is 6.18 Å². The van der Waals surface area contributed by atoms with Crippen LogP contribution in [0.3, 0.4) is 0 Å². The minimum Gasteiger partial charge on any atom is -0.399 e. The Morgan fingerprint density at radius 3 is 2.58 bits per heavy atom. The van der Waals surface area contributed by atoms with Crippen molar-refractivity contribution in [3.05, 3.63) is 35.0 Å². The van der Waals surface area contributed by atoms with E-state index in [1.807, 2.05) is 7.05 Å². The number of benzene rings is 1. The van der Waals surface area contributed by atoms with Gasteiger partial charge in [-0.1, -0.05) is 0 Å². The van der Waals surface area contributed by atoms with Gasteiger partial charge in [0.25, 0.3) is 0 Å². The Kier molecular flexibility index (Phi) is 8.24. The predicted octanol–water partition coefficient (Wildman–Crippen LogP) is 4.34. The Morgan fingerprint density at radius 1 is 1.10 bits per heavy atom. The van der Waals surface area contributed by atoms with E-state index < -0.39 is 11.7 Å². The minimum atomic E-state index is -4.47. The molecule has 1 aromatic heterocycles. The fraction of sp³-hybridized carbons (Fsp3) is 0.500. The molecule has 0 bridgehead atoms. The molecule has 31 heavy (non-hydrogen) atoms. The molecule has 0 radical (unpaired) electrons. The van der Waals surface area contributed by atoms with Crippen LogP contribution in [0.25, 0.3) is 0 Å². The maximum absolute atomic E-state index is 13.1. The van der Waals surface area contributed by atoms with Crippen molar-refractivity contribution in [2.75, 3.05) is 36.1 Å². The van der Waals surface area contributed by atoms with E-state index in [2.05, 4.69) is 20.5 Å². The van der Waals surface area contributed by atoms with Crippen LogP contribution in [0.2, 0.25) is 0 Å². The number of hydrogen-bond acceptors (Lipinski definition) is 6. The number of likely N-dealkylation sites (N-methyl/N-ethyl adjacent to an activating group) is 1.